The fourth-order valence-electron chi connectivity index (χ4n) is 1.31. The lowest BCUT2D eigenvalue weighted by molar-refractivity contribution is 0.531. The first kappa shape index (κ1) is 12.3. The maximum absolute atomic E-state index is 13.0. The number of halogens is 2. The lowest BCUT2D eigenvalue weighted by Crippen LogP contribution is -2.33. The molecule has 3 N–H and O–H groups in total. The second-order valence-electron chi connectivity index (χ2n) is 3.85. The molecule has 84 valence electrons. The van der Waals surface area contributed by atoms with Crippen molar-refractivity contribution in [2.24, 2.45) is 11.7 Å². The van der Waals surface area contributed by atoms with E-state index < -0.39 is 0 Å². The average Bonchev–Trinajstić information content (AvgIpc) is 2.18. The van der Waals surface area contributed by atoms with Crippen LogP contribution in [0, 0.1) is 11.7 Å². The van der Waals surface area contributed by atoms with Gasteiger partial charge in [-0.25, -0.2) is 4.39 Å². The van der Waals surface area contributed by atoms with Crippen molar-refractivity contribution < 1.29 is 4.39 Å². The summed E-state index contributed by atoms with van der Waals surface area (Å²) in [5.41, 5.74) is 6.21. The summed E-state index contributed by atoms with van der Waals surface area (Å²) in [5, 5.41) is 3.65. The zero-order valence-electron chi connectivity index (χ0n) is 8.93. The maximum Gasteiger partial charge on any atom is 0.125 e. The number of anilines is 1. The summed E-state index contributed by atoms with van der Waals surface area (Å²) in [6, 6.07) is 4.35. The van der Waals surface area contributed by atoms with E-state index in [1.165, 1.54) is 18.2 Å². The van der Waals surface area contributed by atoms with Crippen LogP contribution < -0.4 is 11.1 Å². The molecule has 4 heteroatoms. The van der Waals surface area contributed by atoms with Gasteiger partial charge in [-0.05, 0) is 24.1 Å². The third kappa shape index (κ3) is 3.36. The van der Waals surface area contributed by atoms with E-state index in [0.29, 0.717) is 23.2 Å². The summed E-state index contributed by atoms with van der Waals surface area (Å²) in [6.07, 6.45) is 0. The van der Waals surface area contributed by atoms with Crippen molar-refractivity contribution in [3.05, 3.63) is 29.0 Å². The molecular weight excluding hydrogens is 215 g/mol. The first-order valence-corrected chi connectivity index (χ1v) is 5.34. The summed E-state index contributed by atoms with van der Waals surface area (Å²) >= 11 is 5.93. The number of nitrogens with two attached hydrogens (primary N) is 1. The van der Waals surface area contributed by atoms with Crippen LogP contribution >= 0.6 is 11.6 Å². The van der Waals surface area contributed by atoms with Crippen molar-refractivity contribution in [2.45, 2.75) is 19.9 Å². The molecule has 0 aliphatic heterocycles. The summed E-state index contributed by atoms with van der Waals surface area (Å²) in [6.45, 7) is 4.60. The van der Waals surface area contributed by atoms with E-state index in [1.54, 1.807) is 0 Å². The zero-order chi connectivity index (χ0) is 11.4. The molecule has 0 saturated heterocycles. The third-order valence-corrected chi connectivity index (χ3v) is 2.66. The van der Waals surface area contributed by atoms with Crippen LogP contribution in [-0.2, 0) is 0 Å². The first-order valence-electron chi connectivity index (χ1n) is 4.96. The molecule has 0 aliphatic carbocycles. The number of hydrogen-bond donors (Lipinski definition) is 2. The predicted octanol–water partition coefficient (Wildman–Crippen LogP) is 2.87. The van der Waals surface area contributed by atoms with Crippen molar-refractivity contribution in [3.8, 4) is 0 Å². The van der Waals surface area contributed by atoms with Gasteiger partial charge in [-0.15, -0.1) is 0 Å². The van der Waals surface area contributed by atoms with Crippen LogP contribution in [0.25, 0.3) is 0 Å². The van der Waals surface area contributed by atoms with Crippen molar-refractivity contribution in [1.82, 2.24) is 0 Å². The Morgan fingerprint density at radius 1 is 1.47 bits per heavy atom. The Hall–Kier alpha value is -0.800. The highest BCUT2D eigenvalue weighted by Crippen LogP contribution is 2.24. The summed E-state index contributed by atoms with van der Waals surface area (Å²) in [5.74, 6) is 0.0655. The van der Waals surface area contributed by atoms with E-state index in [4.69, 9.17) is 17.3 Å². The standard InChI is InChI=1S/C11H16ClFN2/c1-7(2)11(6-14)15-10-5-8(13)3-4-9(10)12/h3-5,7,11,15H,6,14H2,1-2H3. The molecule has 1 rings (SSSR count). The molecule has 0 radical (unpaired) electrons. The van der Waals surface area contributed by atoms with Gasteiger partial charge in [-0.3, -0.25) is 0 Å². The summed E-state index contributed by atoms with van der Waals surface area (Å²) in [4.78, 5) is 0. The Morgan fingerprint density at radius 3 is 2.67 bits per heavy atom. The van der Waals surface area contributed by atoms with E-state index in [0.717, 1.165) is 0 Å². The highest BCUT2D eigenvalue weighted by Gasteiger charge is 2.12. The predicted molar refractivity (Wildman–Crippen MR) is 62.7 cm³/mol. The van der Waals surface area contributed by atoms with Gasteiger partial charge in [-0.1, -0.05) is 25.4 Å². The Balaban J connectivity index is 2.82. The van der Waals surface area contributed by atoms with Gasteiger partial charge >= 0.3 is 0 Å². The molecule has 0 bridgehead atoms. The van der Waals surface area contributed by atoms with Crippen LogP contribution in [0.4, 0.5) is 10.1 Å². The molecule has 0 amide bonds. The number of rotatable bonds is 4. The van der Waals surface area contributed by atoms with Crippen molar-refractivity contribution >= 4 is 17.3 Å². The third-order valence-electron chi connectivity index (χ3n) is 2.33. The summed E-state index contributed by atoms with van der Waals surface area (Å²) < 4.78 is 13.0. The topological polar surface area (TPSA) is 38.0 Å². The first-order chi connectivity index (χ1) is 7.04. The molecule has 1 unspecified atom stereocenters. The van der Waals surface area contributed by atoms with E-state index in [2.05, 4.69) is 19.2 Å². The van der Waals surface area contributed by atoms with Crippen molar-refractivity contribution in [3.63, 3.8) is 0 Å². The molecule has 1 atom stereocenters. The van der Waals surface area contributed by atoms with Gasteiger partial charge < -0.3 is 11.1 Å². The van der Waals surface area contributed by atoms with E-state index in [1.807, 2.05) is 0 Å². The fourth-order valence-corrected chi connectivity index (χ4v) is 1.48. The van der Waals surface area contributed by atoms with Crippen LogP contribution in [-0.4, -0.2) is 12.6 Å². The second-order valence-corrected chi connectivity index (χ2v) is 4.26. The fraction of sp³-hybridized carbons (Fsp3) is 0.455. The Morgan fingerprint density at radius 2 is 2.13 bits per heavy atom. The van der Waals surface area contributed by atoms with Crippen LogP contribution in [0.5, 0.6) is 0 Å². The van der Waals surface area contributed by atoms with Crippen molar-refractivity contribution in [1.29, 1.82) is 0 Å². The normalized spacial score (nSPS) is 12.9. The molecule has 0 aliphatic rings. The molecule has 1 aromatic carbocycles. The monoisotopic (exact) mass is 230 g/mol. The molecule has 0 spiro atoms. The van der Waals surface area contributed by atoms with Gasteiger partial charge in [0, 0.05) is 12.6 Å². The van der Waals surface area contributed by atoms with Crippen LogP contribution in [0.2, 0.25) is 5.02 Å². The lowest BCUT2D eigenvalue weighted by atomic mass is 10.0. The van der Waals surface area contributed by atoms with Gasteiger partial charge in [0.15, 0.2) is 0 Å². The zero-order valence-corrected chi connectivity index (χ0v) is 9.68. The molecule has 0 heterocycles. The van der Waals surface area contributed by atoms with Gasteiger partial charge in [0.1, 0.15) is 5.82 Å². The highest BCUT2D eigenvalue weighted by atomic mass is 35.5. The average molecular weight is 231 g/mol. The van der Waals surface area contributed by atoms with Crippen LogP contribution in [0.3, 0.4) is 0 Å². The minimum absolute atomic E-state index is 0.101. The molecule has 0 saturated carbocycles. The Labute approximate surface area is 94.6 Å². The molecule has 1 aromatic rings. The quantitative estimate of drug-likeness (QED) is 0.835. The minimum atomic E-state index is -0.304. The molecular formula is C11H16ClFN2. The molecule has 2 nitrogen and oxygen atoms in total. The minimum Gasteiger partial charge on any atom is -0.379 e. The van der Waals surface area contributed by atoms with Gasteiger partial charge in [0.05, 0.1) is 10.7 Å². The van der Waals surface area contributed by atoms with Gasteiger partial charge in [0.2, 0.25) is 0 Å². The van der Waals surface area contributed by atoms with Crippen LogP contribution in [0.15, 0.2) is 18.2 Å². The van der Waals surface area contributed by atoms with E-state index in [9.17, 15) is 4.39 Å². The smallest absolute Gasteiger partial charge is 0.125 e. The second kappa shape index (κ2) is 5.33. The lowest BCUT2D eigenvalue weighted by Gasteiger charge is -2.22. The number of benzene rings is 1. The Bertz CT molecular complexity index is 328. The van der Waals surface area contributed by atoms with Gasteiger partial charge in [-0.2, -0.15) is 0 Å². The molecule has 0 aromatic heterocycles. The Kier molecular flexibility index (Phi) is 4.36. The number of nitrogens with one attached hydrogen (secondary N) is 1. The van der Waals surface area contributed by atoms with Crippen LogP contribution in [0.1, 0.15) is 13.8 Å². The molecule has 15 heavy (non-hydrogen) atoms. The largest absolute Gasteiger partial charge is 0.379 e. The maximum atomic E-state index is 13.0. The van der Waals surface area contributed by atoms with Crippen molar-refractivity contribution in [2.75, 3.05) is 11.9 Å². The van der Waals surface area contributed by atoms with E-state index in [-0.39, 0.29) is 11.9 Å². The highest BCUT2D eigenvalue weighted by molar-refractivity contribution is 6.33. The van der Waals surface area contributed by atoms with E-state index >= 15 is 0 Å². The summed E-state index contributed by atoms with van der Waals surface area (Å²) in [7, 11) is 0. The molecule has 0 fully saturated rings. The number of hydrogen-bond acceptors (Lipinski definition) is 2. The van der Waals surface area contributed by atoms with Gasteiger partial charge in [0.25, 0.3) is 0 Å². The SMILES string of the molecule is CC(C)C(CN)Nc1cc(F)ccc1Cl.